The van der Waals surface area contributed by atoms with Gasteiger partial charge in [-0.2, -0.15) is 0 Å². The number of aliphatic carboxylic acids is 1. The van der Waals surface area contributed by atoms with Gasteiger partial charge in [0.25, 0.3) is 5.91 Å². The summed E-state index contributed by atoms with van der Waals surface area (Å²) in [5.41, 5.74) is 1.34. The fourth-order valence-corrected chi connectivity index (χ4v) is 3.58. The Balaban J connectivity index is 1.93. The molecule has 1 fully saturated rings. The van der Waals surface area contributed by atoms with Crippen molar-refractivity contribution in [3.05, 3.63) is 65.7 Å². The highest BCUT2D eigenvalue weighted by molar-refractivity contribution is 6.07. The molecule has 1 saturated heterocycles. The van der Waals surface area contributed by atoms with Crippen molar-refractivity contribution in [3.63, 3.8) is 0 Å². The first-order valence-electron chi connectivity index (χ1n) is 9.03. The van der Waals surface area contributed by atoms with E-state index in [1.165, 1.54) is 7.11 Å². The number of methoxy groups -OCH3 is 1. The molecule has 2 N–H and O–H groups in total. The number of nitrogens with one attached hydrogen (secondary N) is 1. The molecule has 2 aromatic carbocycles. The topological polar surface area (TPSA) is 95.9 Å². The molecule has 7 heteroatoms. The van der Waals surface area contributed by atoms with E-state index < -0.39 is 35.9 Å². The van der Waals surface area contributed by atoms with Gasteiger partial charge in [0, 0.05) is 5.92 Å². The Kier molecular flexibility index (Phi) is 5.63. The number of carboxylic acid groups (broad SMARTS) is 1. The molecular formula is C21H22N2O5. The van der Waals surface area contributed by atoms with Crippen molar-refractivity contribution in [2.24, 2.45) is 0 Å². The summed E-state index contributed by atoms with van der Waals surface area (Å²) in [4.78, 5) is 38.5. The lowest BCUT2D eigenvalue weighted by Crippen LogP contribution is -2.48. The van der Waals surface area contributed by atoms with Crippen LogP contribution in [0, 0.1) is 0 Å². The number of amides is 3. The minimum Gasteiger partial charge on any atom is -0.497 e. The van der Waals surface area contributed by atoms with Gasteiger partial charge in [-0.3, -0.25) is 4.79 Å². The molecule has 1 heterocycles. The third-order valence-electron chi connectivity index (χ3n) is 5.00. The lowest BCUT2D eigenvalue weighted by molar-refractivity contribution is -0.147. The Morgan fingerprint density at radius 3 is 2.32 bits per heavy atom. The molecule has 1 aliphatic rings. The summed E-state index contributed by atoms with van der Waals surface area (Å²) in [5.74, 6) is -1.68. The molecule has 3 rings (SSSR count). The van der Waals surface area contributed by atoms with Gasteiger partial charge in [0.1, 0.15) is 17.8 Å². The predicted molar refractivity (Wildman–Crippen MR) is 102 cm³/mol. The summed E-state index contributed by atoms with van der Waals surface area (Å²) in [6.45, 7) is 1.84. The zero-order valence-corrected chi connectivity index (χ0v) is 15.7. The second kappa shape index (κ2) is 8.12. The molecular weight excluding hydrogens is 360 g/mol. The van der Waals surface area contributed by atoms with Crippen LogP contribution in [0.1, 0.15) is 36.4 Å². The Morgan fingerprint density at radius 1 is 1.14 bits per heavy atom. The Labute approximate surface area is 162 Å². The highest BCUT2D eigenvalue weighted by Gasteiger charge is 2.48. The van der Waals surface area contributed by atoms with Crippen LogP contribution in [0.5, 0.6) is 5.75 Å². The lowest BCUT2D eigenvalue weighted by atomic mass is 9.88. The molecule has 0 bridgehead atoms. The molecule has 28 heavy (non-hydrogen) atoms. The maximum atomic E-state index is 13.0. The largest absolute Gasteiger partial charge is 0.497 e. The number of ether oxygens (including phenoxy) is 1. The normalized spacial score (nSPS) is 18.5. The van der Waals surface area contributed by atoms with Crippen LogP contribution in [-0.4, -0.2) is 41.1 Å². The van der Waals surface area contributed by atoms with Crippen LogP contribution in [0.15, 0.2) is 54.6 Å². The first-order valence-corrected chi connectivity index (χ1v) is 9.03. The van der Waals surface area contributed by atoms with Gasteiger partial charge >= 0.3 is 12.0 Å². The number of carboxylic acids is 1. The summed E-state index contributed by atoms with van der Waals surface area (Å²) in [5, 5.41) is 12.5. The zero-order chi connectivity index (χ0) is 20.3. The summed E-state index contributed by atoms with van der Waals surface area (Å²) in [6.07, 6.45) is 0.464. The van der Waals surface area contributed by atoms with Gasteiger partial charge in [-0.15, -0.1) is 0 Å². The molecule has 0 aliphatic carbocycles. The molecule has 1 unspecified atom stereocenters. The highest BCUT2D eigenvalue weighted by atomic mass is 16.5. The smallest absolute Gasteiger partial charge is 0.327 e. The highest BCUT2D eigenvalue weighted by Crippen LogP contribution is 2.32. The number of urea groups is 1. The Morgan fingerprint density at radius 2 is 1.79 bits per heavy atom. The number of carbonyl (C=O) groups excluding carboxylic acids is 2. The van der Waals surface area contributed by atoms with Crippen molar-refractivity contribution in [1.82, 2.24) is 10.2 Å². The monoisotopic (exact) mass is 382 g/mol. The third-order valence-corrected chi connectivity index (χ3v) is 5.00. The molecule has 7 nitrogen and oxygen atoms in total. The van der Waals surface area contributed by atoms with Crippen LogP contribution >= 0.6 is 0 Å². The van der Waals surface area contributed by atoms with Crippen molar-refractivity contribution in [1.29, 1.82) is 0 Å². The number of nitrogens with zero attached hydrogens (tertiary/aromatic N) is 1. The van der Waals surface area contributed by atoms with Gasteiger partial charge in [0.05, 0.1) is 7.11 Å². The maximum Gasteiger partial charge on any atom is 0.327 e. The first kappa shape index (κ1) is 19.4. The fourth-order valence-electron chi connectivity index (χ4n) is 3.58. The van der Waals surface area contributed by atoms with E-state index >= 15 is 0 Å². The molecule has 0 saturated carbocycles. The van der Waals surface area contributed by atoms with Gasteiger partial charge < -0.3 is 15.2 Å². The average molecular weight is 382 g/mol. The second-order valence-electron chi connectivity index (χ2n) is 6.57. The van der Waals surface area contributed by atoms with Crippen molar-refractivity contribution < 1.29 is 24.2 Å². The number of benzene rings is 2. The van der Waals surface area contributed by atoms with Gasteiger partial charge in [0.2, 0.25) is 0 Å². The molecule has 146 valence electrons. The van der Waals surface area contributed by atoms with Crippen LogP contribution in [0.25, 0.3) is 0 Å². The SMILES string of the molecule is CC[C@@H](c1ccccc1)[C@@H](C(=O)O)N1C(=O)NC(c2ccc(OC)cc2)C1=O. The fraction of sp³-hybridized carbons (Fsp3) is 0.286. The molecule has 1 aliphatic heterocycles. The number of carbonyl (C=O) groups is 3. The van der Waals surface area contributed by atoms with E-state index in [-0.39, 0.29) is 0 Å². The lowest BCUT2D eigenvalue weighted by Gasteiger charge is -2.29. The van der Waals surface area contributed by atoms with Gasteiger partial charge in [-0.05, 0) is 29.7 Å². The van der Waals surface area contributed by atoms with E-state index in [0.29, 0.717) is 17.7 Å². The van der Waals surface area contributed by atoms with Gasteiger partial charge in [-0.1, -0.05) is 49.4 Å². The Hall–Kier alpha value is -3.35. The van der Waals surface area contributed by atoms with Crippen LogP contribution in [0.3, 0.4) is 0 Å². The first-order chi connectivity index (χ1) is 13.5. The molecule has 0 aromatic heterocycles. The van der Waals surface area contributed by atoms with Crippen molar-refractivity contribution in [2.75, 3.05) is 7.11 Å². The standard InChI is InChI=1S/C21H22N2O5/c1-3-16(13-7-5-4-6-8-13)18(20(25)26)23-19(24)17(22-21(23)27)14-9-11-15(28-2)12-10-14/h4-12,16-18H,3H2,1-2H3,(H,22,27)(H,25,26)/t16-,17?,18-/m0/s1. The molecule has 2 aromatic rings. The molecule has 0 spiro atoms. The van der Waals surface area contributed by atoms with E-state index in [4.69, 9.17) is 4.74 Å². The molecule has 3 amide bonds. The van der Waals surface area contributed by atoms with Crippen molar-refractivity contribution in [3.8, 4) is 5.75 Å². The molecule has 0 radical (unpaired) electrons. The van der Waals surface area contributed by atoms with E-state index in [1.807, 2.05) is 37.3 Å². The zero-order valence-electron chi connectivity index (χ0n) is 15.7. The average Bonchev–Trinajstić information content (AvgIpc) is 3.00. The summed E-state index contributed by atoms with van der Waals surface area (Å²) in [7, 11) is 1.53. The van der Waals surface area contributed by atoms with Crippen LogP contribution in [-0.2, 0) is 9.59 Å². The van der Waals surface area contributed by atoms with E-state index in [1.54, 1.807) is 24.3 Å². The third kappa shape index (κ3) is 3.55. The van der Waals surface area contributed by atoms with Crippen LogP contribution in [0.4, 0.5) is 4.79 Å². The second-order valence-corrected chi connectivity index (χ2v) is 6.57. The van der Waals surface area contributed by atoms with E-state index in [2.05, 4.69) is 5.32 Å². The minimum absolute atomic E-state index is 0.464. The van der Waals surface area contributed by atoms with Gasteiger partial charge in [-0.25, -0.2) is 14.5 Å². The van der Waals surface area contributed by atoms with Crippen molar-refractivity contribution >= 4 is 17.9 Å². The number of imide groups is 1. The maximum absolute atomic E-state index is 13.0. The number of rotatable bonds is 7. The molecule has 3 atom stereocenters. The summed E-state index contributed by atoms with van der Waals surface area (Å²) in [6, 6.07) is 12.9. The quantitative estimate of drug-likeness (QED) is 0.718. The van der Waals surface area contributed by atoms with Crippen LogP contribution in [0.2, 0.25) is 0 Å². The predicted octanol–water partition coefficient (Wildman–Crippen LogP) is 2.94. The number of hydrogen-bond donors (Lipinski definition) is 2. The minimum atomic E-state index is -1.29. The van der Waals surface area contributed by atoms with Crippen molar-refractivity contribution in [2.45, 2.75) is 31.3 Å². The van der Waals surface area contributed by atoms with Crippen LogP contribution < -0.4 is 10.1 Å². The van der Waals surface area contributed by atoms with E-state index in [0.717, 1.165) is 10.5 Å². The summed E-state index contributed by atoms with van der Waals surface area (Å²) < 4.78 is 5.11. The Bertz CT molecular complexity index is 866. The summed E-state index contributed by atoms with van der Waals surface area (Å²) >= 11 is 0. The van der Waals surface area contributed by atoms with E-state index in [9.17, 15) is 19.5 Å². The number of hydrogen-bond acceptors (Lipinski definition) is 4. The van der Waals surface area contributed by atoms with Gasteiger partial charge in [0.15, 0.2) is 0 Å².